The zero-order valence-electron chi connectivity index (χ0n) is 12.0. The molecule has 0 unspecified atom stereocenters. The van der Waals surface area contributed by atoms with Crippen LogP contribution in [0.25, 0.3) is 0 Å². The molecule has 0 radical (unpaired) electrons. The molecule has 22 heavy (non-hydrogen) atoms. The van der Waals surface area contributed by atoms with E-state index in [1.807, 2.05) is 0 Å². The average Bonchev–Trinajstić information content (AvgIpc) is 3.08. The third kappa shape index (κ3) is 2.32. The third-order valence-electron chi connectivity index (χ3n) is 4.23. The van der Waals surface area contributed by atoms with E-state index < -0.39 is 0 Å². The Bertz CT molecular complexity index is 742. The van der Waals surface area contributed by atoms with E-state index in [2.05, 4.69) is 15.1 Å². The molecule has 1 saturated carbocycles. The fraction of sp³-hybridized carbons (Fsp3) is 0.467. The largest absolute Gasteiger partial charge is 0.339 e. The van der Waals surface area contributed by atoms with Gasteiger partial charge in [-0.15, -0.1) is 0 Å². The van der Waals surface area contributed by atoms with Crippen LogP contribution in [0, 0.1) is 0 Å². The summed E-state index contributed by atoms with van der Waals surface area (Å²) in [7, 11) is 0. The highest BCUT2D eigenvalue weighted by molar-refractivity contribution is 5.94. The van der Waals surface area contributed by atoms with Gasteiger partial charge in [-0.25, -0.2) is 0 Å². The summed E-state index contributed by atoms with van der Waals surface area (Å²) in [5.74, 6) is 1.58. The van der Waals surface area contributed by atoms with Crippen LogP contribution in [0.4, 0.5) is 0 Å². The molecule has 2 aromatic rings. The number of likely N-dealkylation sites (tertiary alicyclic amines) is 1. The van der Waals surface area contributed by atoms with Gasteiger partial charge in [0, 0.05) is 24.7 Å². The maximum absolute atomic E-state index is 12.6. The van der Waals surface area contributed by atoms with Gasteiger partial charge < -0.3 is 14.4 Å². The first-order valence-corrected chi connectivity index (χ1v) is 7.55. The third-order valence-corrected chi connectivity index (χ3v) is 4.23. The van der Waals surface area contributed by atoms with Crippen molar-refractivity contribution in [2.75, 3.05) is 6.54 Å². The molecule has 1 aliphatic heterocycles. The Morgan fingerprint density at radius 2 is 2.18 bits per heavy atom. The Kier molecular flexibility index (Phi) is 3.06. The molecule has 2 aliphatic rings. The first-order valence-electron chi connectivity index (χ1n) is 7.55. The highest BCUT2D eigenvalue weighted by Gasteiger charge is 2.36. The maximum Gasteiger partial charge on any atom is 0.255 e. The van der Waals surface area contributed by atoms with Crippen LogP contribution in [0.3, 0.4) is 0 Å². The molecule has 2 aromatic heterocycles. The van der Waals surface area contributed by atoms with E-state index >= 15 is 0 Å². The quantitative estimate of drug-likeness (QED) is 0.929. The van der Waals surface area contributed by atoms with Crippen LogP contribution in [-0.4, -0.2) is 32.5 Å². The number of carbonyl (C=O) groups excluding carboxylic acids is 1. The van der Waals surface area contributed by atoms with Gasteiger partial charge in [0.1, 0.15) is 0 Å². The van der Waals surface area contributed by atoms with Crippen LogP contribution in [0.5, 0.6) is 0 Å². The number of hydrogen-bond donors (Lipinski definition) is 1. The predicted octanol–water partition coefficient (Wildman–Crippen LogP) is 1.61. The molecule has 3 heterocycles. The highest BCUT2D eigenvalue weighted by Crippen LogP contribution is 2.40. The summed E-state index contributed by atoms with van der Waals surface area (Å²) in [4.78, 5) is 32.5. The highest BCUT2D eigenvalue weighted by atomic mass is 16.5. The second-order valence-electron chi connectivity index (χ2n) is 5.86. The first-order chi connectivity index (χ1) is 10.7. The molecule has 114 valence electrons. The Morgan fingerprint density at radius 1 is 1.32 bits per heavy atom. The minimum Gasteiger partial charge on any atom is -0.339 e. The second-order valence-corrected chi connectivity index (χ2v) is 5.86. The standard InChI is InChI=1S/C15H16N4O3/c20-12-6-5-10(8-16-12)15(21)19-7-1-2-11(19)13-17-14(22-18-13)9-3-4-9/h5-6,8-9,11H,1-4,7H2,(H,16,20)/t11-/m1/s1. The van der Waals surface area contributed by atoms with Crippen molar-refractivity contribution in [1.82, 2.24) is 20.0 Å². The van der Waals surface area contributed by atoms with Gasteiger partial charge in [-0.05, 0) is 31.7 Å². The maximum atomic E-state index is 12.6. The van der Waals surface area contributed by atoms with E-state index in [9.17, 15) is 9.59 Å². The molecule has 2 fully saturated rings. The fourth-order valence-electron chi connectivity index (χ4n) is 2.87. The fourth-order valence-corrected chi connectivity index (χ4v) is 2.87. The number of nitrogens with one attached hydrogen (secondary N) is 1. The molecule has 1 saturated heterocycles. The van der Waals surface area contributed by atoms with E-state index in [1.165, 1.54) is 12.3 Å². The van der Waals surface area contributed by atoms with E-state index in [-0.39, 0.29) is 17.5 Å². The Hall–Kier alpha value is -2.44. The molecule has 0 aromatic carbocycles. The molecule has 1 atom stereocenters. The minimum atomic E-state index is -0.221. The number of hydrogen-bond acceptors (Lipinski definition) is 5. The number of rotatable bonds is 3. The zero-order valence-corrected chi connectivity index (χ0v) is 12.0. The topological polar surface area (TPSA) is 92.1 Å². The number of pyridine rings is 1. The van der Waals surface area contributed by atoms with Crippen molar-refractivity contribution in [2.45, 2.75) is 37.6 Å². The average molecular weight is 300 g/mol. The monoisotopic (exact) mass is 300 g/mol. The zero-order chi connectivity index (χ0) is 15.1. The van der Waals surface area contributed by atoms with Crippen molar-refractivity contribution in [3.63, 3.8) is 0 Å². The summed E-state index contributed by atoms with van der Waals surface area (Å²) in [6, 6.07) is 2.76. The van der Waals surface area contributed by atoms with Crippen molar-refractivity contribution in [2.24, 2.45) is 0 Å². The Labute approximate surface area is 126 Å². The van der Waals surface area contributed by atoms with Crippen molar-refractivity contribution >= 4 is 5.91 Å². The SMILES string of the molecule is O=C(c1ccc(=O)[nH]c1)N1CCC[C@@H]1c1noc(C2CC2)n1. The lowest BCUT2D eigenvalue weighted by atomic mass is 10.2. The van der Waals surface area contributed by atoms with Crippen molar-refractivity contribution in [1.29, 1.82) is 0 Å². The molecule has 1 amide bonds. The smallest absolute Gasteiger partial charge is 0.255 e. The summed E-state index contributed by atoms with van der Waals surface area (Å²) in [6.45, 7) is 0.663. The minimum absolute atomic E-state index is 0.114. The van der Waals surface area contributed by atoms with E-state index in [0.717, 1.165) is 25.7 Å². The summed E-state index contributed by atoms with van der Waals surface area (Å²) in [5.41, 5.74) is 0.249. The van der Waals surface area contributed by atoms with Gasteiger partial charge >= 0.3 is 0 Å². The van der Waals surface area contributed by atoms with Gasteiger partial charge in [0.25, 0.3) is 5.91 Å². The second kappa shape index (κ2) is 5.08. The Morgan fingerprint density at radius 3 is 2.91 bits per heavy atom. The van der Waals surface area contributed by atoms with Crippen molar-refractivity contribution < 1.29 is 9.32 Å². The number of aromatic amines is 1. The van der Waals surface area contributed by atoms with Gasteiger partial charge in [-0.1, -0.05) is 5.16 Å². The van der Waals surface area contributed by atoms with Crippen LogP contribution in [0.1, 0.15) is 59.7 Å². The number of nitrogens with zero attached hydrogens (tertiary/aromatic N) is 3. The molecule has 7 heteroatoms. The van der Waals surface area contributed by atoms with Crippen LogP contribution in [0.15, 0.2) is 27.6 Å². The number of aromatic nitrogens is 3. The lowest BCUT2D eigenvalue weighted by Gasteiger charge is -2.22. The lowest BCUT2D eigenvalue weighted by Crippen LogP contribution is -2.31. The van der Waals surface area contributed by atoms with Gasteiger partial charge in [-0.3, -0.25) is 9.59 Å². The molecule has 0 spiro atoms. The van der Waals surface area contributed by atoms with Gasteiger partial charge in [0.2, 0.25) is 11.4 Å². The van der Waals surface area contributed by atoms with Gasteiger partial charge in [0.05, 0.1) is 11.6 Å². The molecular formula is C15H16N4O3. The molecule has 7 nitrogen and oxygen atoms in total. The van der Waals surface area contributed by atoms with Crippen molar-refractivity contribution in [3.05, 3.63) is 46.0 Å². The van der Waals surface area contributed by atoms with Gasteiger partial charge in [-0.2, -0.15) is 4.98 Å². The van der Waals surface area contributed by atoms with E-state index in [4.69, 9.17) is 4.52 Å². The van der Waals surface area contributed by atoms with Crippen LogP contribution >= 0.6 is 0 Å². The predicted molar refractivity (Wildman–Crippen MR) is 76.3 cm³/mol. The van der Waals surface area contributed by atoms with E-state index in [0.29, 0.717) is 29.7 Å². The molecule has 1 N–H and O–H groups in total. The summed E-state index contributed by atoms with van der Waals surface area (Å²) >= 11 is 0. The van der Waals surface area contributed by atoms with Crippen LogP contribution in [0.2, 0.25) is 0 Å². The lowest BCUT2D eigenvalue weighted by molar-refractivity contribution is 0.0728. The summed E-state index contributed by atoms with van der Waals surface area (Å²) < 4.78 is 5.30. The van der Waals surface area contributed by atoms with Crippen LogP contribution in [-0.2, 0) is 0 Å². The number of H-pyrrole nitrogens is 1. The number of carbonyl (C=O) groups is 1. The molecule has 0 bridgehead atoms. The summed E-state index contributed by atoms with van der Waals surface area (Å²) in [5, 5.41) is 4.06. The molecule has 1 aliphatic carbocycles. The molecular weight excluding hydrogens is 284 g/mol. The first kappa shape index (κ1) is 13.2. The van der Waals surface area contributed by atoms with Crippen molar-refractivity contribution in [3.8, 4) is 0 Å². The summed E-state index contributed by atoms with van der Waals surface area (Å²) in [6.07, 6.45) is 5.40. The van der Waals surface area contributed by atoms with Gasteiger partial charge in [0.15, 0.2) is 5.82 Å². The van der Waals surface area contributed by atoms with Crippen LogP contribution < -0.4 is 5.56 Å². The Balaban J connectivity index is 1.58. The normalized spacial score (nSPS) is 21.3. The number of amides is 1. The van der Waals surface area contributed by atoms with E-state index in [1.54, 1.807) is 11.0 Å². The molecule has 4 rings (SSSR count).